The summed E-state index contributed by atoms with van der Waals surface area (Å²) in [5.41, 5.74) is 1.25. The van der Waals surface area contributed by atoms with Crippen LogP contribution in [0.25, 0.3) is 0 Å². The first-order valence-corrected chi connectivity index (χ1v) is 6.67. The van der Waals surface area contributed by atoms with Crippen LogP contribution in [0.1, 0.15) is 17.2 Å². The van der Waals surface area contributed by atoms with Crippen molar-refractivity contribution in [1.29, 1.82) is 0 Å². The first-order valence-electron chi connectivity index (χ1n) is 5.91. The number of rotatable bonds is 4. The number of benzene rings is 2. The molecule has 0 aromatic heterocycles. The lowest BCUT2D eigenvalue weighted by Crippen LogP contribution is -2.01. The lowest BCUT2D eigenvalue weighted by molar-refractivity contribution is 0.219. The zero-order chi connectivity index (χ0) is 14.7. The van der Waals surface area contributed by atoms with Gasteiger partial charge in [0.25, 0.3) is 0 Å². The third-order valence-electron chi connectivity index (χ3n) is 2.98. The number of hydrogen-bond acceptors (Lipinski definition) is 3. The Bertz CT molecular complexity index is 614. The Morgan fingerprint density at radius 3 is 2.25 bits per heavy atom. The fourth-order valence-corrected chi connectivity index (χ4v) is 2.44. The highest BCUT2D eigenvalue weighted by Crippen LogP contribution is 2.35. The summed E-state index contributed by atoms with van der Waals surface area (Å²) >= 11 is 12.0. The van der Waals surface area contributed by atoms with Crippen LogP contribution in [0.15, 0.2) is 36.4 Å². The van der Waals surface area contributed by atoms with Gasteiger partial charge in [0.1, 0.15) is 6.10 Å². The largest absolute Gasteiger partial charge is 0.493 e. The molecule has 2 rings (SSSR count). The summed E-state index contributed by atoms with van der Waals surface area (Å²) in [5, 5.41) is 11.4. The Morgan fingerprint density at radius 1 is 0.950 bits per heavy atom. The second-order valence-electron chi connectivity index (χ2n) is 4.18. The van der Waals surface area contributed by atoms with Gasteiger partial charge in [-0.3, -0.25) is 0 Å². The number of ether oxygens (including phenoxy) is 2. The van der Waals surface area contributed by atoms with Crippen LogP contribution in [0, 0.1) is 0 Å². The molecule has 0 aliphatic heterocycles. The fourth-order valence-electron chi connectivity index (χ4n) is 1.93. The second-order valence-corrected chi connectivity index (χ2v) is 5.03. The van der Waals surface area contributed by atoms with Crippen molar-refractivity contribution in [2.75, 3.05) is 14.2 Å². The lowest BCUT2D eigenvalue weighted by Gasteiger charge is -2.15. The van der Waals surface area contributed by atoms with Crippen molar-refractivity contribution >= 4 is 23.2 Å². The van der Waals surface area contributed by atoms with Crippen LogP contribution in [-0.2, 0) is 0 Å². The van der Waals surface area contributed by atoms with Crippen LogP contribution in [0.4, 0.5) is 0 Å². The smallest absolute Gasteiger partial charge is 0.161 e. The molecule has 0 radical (unpaired) electrons. The summed E-state index contributed by atoms with van der Waals surface area (Å²) in [6.07, 6.45) is -0.862. The number of hydrogen-bond donors (Lipinski definition) is 1. The molecule has 0 bridgehead atoms. The maximum atomic E-state index is 10.4. The van der Waals surface area contributed by atoms with E-state index in [1.807, 2.05) is 0 Å². The van der Waals surface area contributed by atoms with Crippen molar-refractivity contribution in [2.24, 2.45) is 0 Å². The molecule has 0 saturated heterocycles. The molecule has 3 nitrogen and oxygen atoms in total. The number of methoxy groups -OCH3 is 2. The Balaban J connectivity index is 2.40. The van der Waals surface area contributed by atoms with Gasteiger partial charge in [-0.2, -0.15) is 0 Å². The maximum absolute atomic E-state index is 10.4. The highest BCUT2D eigenvalue weighted by Gasteiger charge is 2.16. The topological polar surface area (TPSA) is 38.7 Å². The monoisotopic (exact) mass is 312 g/mol. The summed E-state index contributed by atoms with van der Waals surface area (Å²) < 4.78 is 10.4. The van der Waals surface area contributed by atoms with Gasteiger partial charge >= 0.3 is 0 Å². The third-order valence-corrected chi connectivity index (χ3v) is 3.54. The minimum Gasteiger partial charge on any atom is -0.493 e. The van der Waals surface area contributed by atoms with Gasteiger partial charge in [0, 0.05) is 15.6 Å². The first-order chi connectivity index (χ1) is 9.56. The Hall–Kier alpha value is -1.42. The van der Waals surface area contributed by atoms with E-state index in [1.54, 1.807) is 50.6 Å². The number of aliphatic hydroxyl groups is 1. The molecule has 0 fully saturated rings. The van der Waals surface area contributed by atoms with Gasteiger partial charge in [-0.05, 0) is 29.8 Å². The van der Waals surface area contributed by atoms with Crippen LogP contribution in [-0.4, -0.2) is 19.3 Å². The molecular formula is C15H14Cl2O3. The third kappa shape index (κ3) is 3.01. The Labute approximate surface area is 127 Å². The average molecular weight is 313 g/mol. The normalized spacial score (nSPS) is 12.1. The van der Waals surface area contributed by atoms with E-state index < -0.39 is 6.10 Å². The van der Waals surface area contributed by atoms with Crippen molar-refractivity contribution < 1.29 is 14.6 Å². The van der Waals surface area contributed by atoms with Crippen LogP contribution in [0.3, 0.4) is 0 Å². The van der Waals surface area contributed by atoms with Crippen LogP contribution < -0.4 is 9.47 Å². The van der Waals surface area contributed by atoms with Gasteiger partial charge in [0.15, 0.2) is 11.5 Å². The van der Waals surface area contributed by atoms with Crippen molar-refractivity contribution in [2.45, 2.75) is 6.10 Å². The van der Waals surface area contributed by atoms with E-state index in [9.17, 15) is 5.11 Å². The molecule has 0 aliphatic rings. The van der Waals surface area contributed by atoms with Gasteiger partial charge in [0.05, 0.1) is 14.2 Å². The van der Waals surface area contributed by atoms with E-state index in [1.165, 1.54) is 0 Å². The minimum atomic E-state index is -0.862. The summed E-state index contributed by atoms with van der Waals surface area (Å²) in [6, 6.07) is 10.2. The molecule has 20 heavy (non-hydrogen) atoms. The van der Waals surface area contributed by atoms with Gasteiger partial charge in [-0.15, -0.1) is 0 Å². The van der Waals surface area contributed by atoms with Crippen LogP contribution >= 0.6 is 23.2 Å². The molecule has 1 atom stereocenters. The molecule has 5 heteroatoms. The van der Waals surface area contributed by atoms with Crippen molar-refractivity contribution in [3.63, 3.8) is 0 Å². The standard InChI is InChI=1S/C15H14Cl2O3/c1-19-13-6-3-9(7-14(13)20-2)15(18)11-5-4-10(16)8-12(11)17/h3-8,15,18H,1-2H3/t15-/m0/s1. The predicted molar refractivity (Wildman–Crippen MR) is 80.1 cm³/mol. The van der Waals surface area contributed by atoms with E-state index >= 15 is 0 Å². The summed E-state index contributed by atoms with van der Waals surface area (Å²) in [6.45, 7) is 0. The van der Waals surface area contributed by atoms with Gasteiger partial charge in [-0.25, -0.2) is 0 Å². The Morgan fingerprint density at radius 2 is 1.65 bits per heavy atom. The minimum absolute atomic E-state index is 0.416. The molecule has 0 unspecified atom stereocenters. The van der Waals surface area contributed by atoms with Crippen LogP contribution in [0.2, 0.25) is 10.0 Å². The summed E-state index contributed by atoms with van der Waals surface area (Å²) in [5.74, 6) is 1.15. The van der Waals surface area contributed by atoms with Crippen molar-refractivity contribution in [3.05, 3.63) is 57.6 Å². The average Bonchev–Trinajstić information content (AvgIpc) is 2.45. The maximum Gasteiger partial charge on any atom is 0.161 e. The fraction of sp³-hybridized carbons (Fsp3) is 0.200. The zero-order valence-electron chi connectivity index (χ0n) is 11.1. The number of aliphatic hydroxyl groups excluding tert-OH is 1. The van der Waals surface area contributed by atoms with Crippen molar-refractivity contribution in [1.82, 2.24) is 0 Å². The second kappa shape index (κ2) is 6.35. The molecule has 0 aliphatic carbocycles. The molecule has 0 heterocycles. The highest BCUT2D eigenvalue weighted by molar-refractivity contribution is 6.35. The summed E-state index contributed by atoms with van der Waals surface area (Å²) in [7, 11) is 3.10. The van der Waals surface area contributed by atoms with E-state index in [0.29, 0.717) is 32.7 Å². The summed E-state index contributed by atoms with van der Waals surface area (Å²) in [4.78, 5) is 0. The molecule has 0 amide bonds. The van der Waals surface area contributed by atoms with Crippen LogP contribution in [0.5, 0.6) is 11.5 Å². The first kappa shape index (κ1) is 15.0. The molecule has 0 saturated carbocycles. The quantitative estimate of drug-likeness (QED) is 0.924. The van der Waals surface area contributed by atoms with E-state index in [2.05, 4.69) is 0 Å². The SMILES string of the molecule is COc1ccc([C@H](O)c2ccc(Cl)cc2Cl)cc1OC. The van der Waals surface area contributed by atoms with Gasteiger partial charge < -0.3 is 14.6 Å². The lowest BCUT2D eigenvalue weighted by atomic mass is 10.0. The Kier molecular flexibility index (Phi) is 4.76. The van der Waals surface area contributed by atoms with Gasteiger partial charge in [-0.1, -0.05) is 35.3 Å². The van der Waals surface area contributed by atoms with E-state index in [0.717, 1.165) is 0 Å². The molecule has 1 N–H and O–H groups in total. The molecule has 2 aromatic carbocycles. The predicted octanol–water partition coefficient (Wildman–Crippen LogP) is 4.09. The van der Waals surface area contributed by atoms with E-state index in [4.69, 9.17) is 32.7 Å². The van der Waals surface area contributed by atoms with E-state index in [-0.39, 0.29) is 0 Å². The molecular weight excluding hydrogens is 299 g/mol. The molecule has 106 valence electrons. The van der Waals surface area contributed by atoms with Crippen molar-refractivity contribution in [3.8, 4) is 11.5 Å². The zero-order valence-corrected chi connectivity index (χ0v) is 12.6. The highest BCUT2D eigenvalue weighted by atomic mass is 35.5. The molecule has 2 aromatic rings. The number of halogens is 2. The van der Waals surface area contributed by atoms with Gasteiger partial charge in [0.2, 0.25) is 0 Å². The molecule has 0 spiro atoms.